The second kappa shape index (κ2) is 7.87. The lowest BCUT2D eigenvalue weighted by Gasteiger charge is -2.18. The first kappa shape index (κ1) is 18.9. The van der Waals surface area contributed by atoms with Crippen LogP contribution in [0.5, 0.6) is 0 Å². The largest absolute Gasteiger partial charge is 0.326 e. The number of nitrogens with zero attached hydrogens (tertiary/aromatic N) is 2. The molecule has 0 spiro atoms. The molecule has 4 rings (SSSR count). The van der Waals surface area contributed by atoms with Gasteiger partial charge in [0.15, 0.2) is 0 Å². The average Bonchev–Trinajstić information content (AvgIpc) is 3.14. The minimum atomic E-state index is -0.458. The van der Waals surface area contributed by atoms with E-state index in [0.717, 1.165) is 28.2 Å². The Bertz CT molecular complexity index is 1180. The smallest absolute Gasteiger partial charge is 0.225 e. The van der Waals surface area contributed by atoms with Crippen LogP contribution < -0.4 is 5.32 Å². The van der Waals surface area contributed by atoms with Crippen LogP contribution >= 0.6 is 0 Å². The molecule has 0 radical (unpaired) electrons. The maximum Gasteiger partial charge on any atom is 0.225 e. The molecule has 5 heteroatoms. The Morgan fingerprint density at radius 2 is 1.86 bits per heavy atom. The van der Waals surface area contributed by atoms with Gasteiger partial charge in [-0.15, -0.1) is 0 Å². The van der Waals surface area contributed by atoms with Crippen LogP contribution in [0.25, 0.3) is 5.65 Å². The number of aryl methyl sites for hydroxylation is 2. The lowest BCUT2D eigenvalue weighted by atomic mass is 9.91. The number of carbonyl (C=O) groups excluding carboxylic acids is 1. The number of hydrogen-bond donors (Lipinski definition) is 1. The lowest BCUT2D eigenvalue weighted by molar-refractivity contribution is -0.116. The van der Waals surface area contributed by atoms with Gasteiger partial charge in [0.1, 0.15) is 11.5 Å². The second-order valence-electron chi connectivity index (χ2n) is 7.24. The molecule has 0 aliphatic rings. The first-order valence-corrected chi connectivity index (χ1v) is 9.56. The Hall–Kier alpha value is -3.47. The molecule has 0 fully saturated rings. The molecule has 0 bridgehead atoms. The van der Waals surface area contributed by atoms with Crippen LogP contribution in [0.1, 0.15) is 34.7 Å². The minimum Gasteiger partial charge on any atom is -0.326 e. The summed E-state index contributed by atoms with van der Waals surface area (Å²) in [6, 6.07) is 18.1. The summed E-state index contributed by atoms with van der Waals surface area (Å²) < 4.78 is 16.5. The van der Waals surface area contributed by atoms with E-state index in [1.807, 2.05) is 60.8 Å². The zero-order valence-electron chi connectivity index (χ0n) is 16.4. The van der Waals surface area contributed by atoms with Crippen LogP contribution in [-0.4, -0.2) is 15.3 Å². The molecular formula is C24H22FN3O. The molecule has 4 nitrogen and oxygen atoms in total. The van der Waals surface area contributed by atoms with Crippen molar-refractivity contribution in [1.29, 1.82) is 0 Å². The number of anilines is 1. The van der Waals surface area contributed by atoms with E-state index in [2.05, 4.69) is 10.3 Å². The number of nitrogens with one attached hydrogen (secondary N) is 1. The highest BCUT2D eigenvalue weighted by Crippen LogP contribution is 2.31. The van der Waals surface area contributed by atoms with E-state index in [9.17, 15) is 9.18 Å². The third-order valence-corrected chi connectivity index (χ3v) is 5.26. The summed E-state index contributed by atoms with van der Waals surface area (Å²) in [5, 5.41) is 2.95. The van der Waals surface area contributed by atoms with Gasteiger partial charge in [-0.05, 0) is 60.9 Å². The fraction of sp³-hybridized carbons (Fsp3) is 0.167. The Morgan fingerprint density at radius 3 is 2.66 bits per heavy atom. The summed E-state index contributed by atoms with van der Waals surface area (Å²) in [7, 11) is 0. The van der Waals surface area contributed by atoms with Crippen LogP contribution in [0.15, 0.2) is 73.1 Å². The summed E-state index contributed by atoms with van der Waals surface area (Å²) in [5.41, 5.74) is 5.03. The van der Waals surface area contributed by atoms with Gasteiger partial charge in [-0.2, -0.15) is 0 Å². The molecule has 4 aromatic rings. The number of amides is 1. The number of imidazole rings is 1. The Labute approximate surface area is 169 Å². The van der Waals surface area contributed by atoms with Crippen LogP contribution in [0, 0.1) is 19.7 Å². The number of hydrogen-bond acceptors (Lipinski definition) is 2. The van der Waals surface area contributed by atoms with Gasteiger partial charge in [0, 0.05) is 30.4 Å². The maximum atomic E-state index is 14.6. The van der Waals surface area contributed by atoms with Crippen molar-refractivity contribution < 1.29 is 9.18 Å². The summed E-state index contributed by atoms with van der Waals surface area (Å²) in [5.74, 6) is -0.963. The van der Waals surface area contributed by atoms with Crippen molar-refractivity contribution in [3.8, 4) is 0 Å². The van der Waals surface area contributed by atoms with E-state index in [0.29, 0.717) is 5.56 Å². The molecule has 1 N–H and O–H groups in total. The highest BCUT2D eigenvalue weighted by Gasteiger charge is 2.24. The molecule has 2 aromatic heterocycles. The van der Waals surface area contributed by atoms with Crippen molar-refractivity contribution in [2.75, 3.05) is 5.32 Å². The highest BCUT2D eigenvalue weighted by molar-refractivity contribution is 5.91. The first-order valence-electron chi connectivity index (χ1n) is 9.56. The molecule has 1 amide bonds. The zero-order valence-corrected chi connectivity index (χ0v) is 16.4. The standard InChI is InChI=1S/C24H22FN3O/c1-16-10-11-18(13-17(16)2)27-24(29)14-20(19-7-3-4-8-21(19)25)22-15-26-23-9-5-6-12-28(22)23/h3-13,15,20H,14H2,1-2H3,(H,27,29). The molecule has 2 heterocycles. The number of carbonyl (C=O) groups is 1. The highest BCUT2D eigenvalue weighted by atomic mass is 19.1. The summed E-state index contributed by atoms with van der Waals surface area (Å²) in [6.45, 7) is 4.03. The van der Waals surface area contributed by atoms with Crippen LogP contribution in [0.3, 0.4) is 0 Å². The first-order chi connectivity index (χ1) is 14.0. The van der Waals surface area contributed by atoms with E-state index in [-0.39, 0.29) is 18.1 Å². The number of benzene rings is 2. The lowest BCUT2D eigenvalue weighted by Crippen LogP contribution is -2.18. The van der Waals surface area contributed by atoms with Crippen molar-refractivity contribution in [1.82, 2.24) is 9.38 Å². The maximum absolute atomic E-state index is 14.6. The van der Waals surface area contributed by atoms with Gasteiger partial charge in [0.2, 0.25) is 5.91 Å². The third-order valence-electron chi connectivity index (χ3n) is 5.26. The Morgan fingerprint density at radius 1 is 1.07 bits per heavy atom. The van der Waals surface area contributed by atoms with Gasteiger partial charge < -0.3 is 9.72 Å². The average molecular weight is 387 g/mol. The van der Waals surface area contributed by atoms with E-state index >= 15 is 0 Å². The zero-order chi connectivity index (χ0) is 20.4. The van der Waals surface area contributed by atoms with Gasteiger partial charge in [-0.1, -0.05) is 30.3 Å². The molecule has 0 saturated carbocycles. The van der Waals surface area contributed by atoms with E-state index < -0.39 is 5.92 Å². The topological polar surface area (TPSA) is 46.4 Å². The normalized spacial score (nSPS) is 12.1. The van der Waals surface area contributed by atoms with Crippen molar-refractivity contribution >= 4 is 17.2 Å². The third kappa shape index (κ3) is 3.90. The summed E-state index contributed by atoms with van der Waals surface area (Å²) in [4.78, 5) is 17.3. The second-order valence-corrected chi connectivity index (χ2v) is 7.24. The molecule has 29 heavy (non-hydrogen) atoms. The number of pyridine rings is 1. The van der Waals surface area contributed by atoms with Gasteiger partial charge in [0.05, 0.1) is 5.69 Å². The summed E-state index contributed by atoms with van der Waals surface area (Å²) >= 11 is 0. The number of rotatable bonds is 5. The van der Waals surface area contributed by atoms with E-state index in [4.69, 9.17) is 0 Å². The quantitative estimate of drug-likeness (QED) is 0.508. The molecule has 1 atom stereocenters. The van der Waals surface area contributed by atoms with Crippen LogP contribution in [0.4, 0.5) is 10.1 Å². The fourth-order valence-corrected chi connectivity index (χ4v) is 3.56. The van der Waals surface area contributed by atoms with Crippen LogP contribution in [-0.2, 0) is 4.79 Å². The monoisotopic (exact) mass is 387 g/mol. The molecular weight excluding hydrogens is 365 g/mol. The molecule has 1 unspecified atom stereocenters. The van der Waals surface area contributed by atoms with Gasteiger partial charge in [0.25, 0.3) is 0 Å². The number of fused-ring (bicyclic) bond motifs is 1. The van der Waals surface area contributed by atoms with E-state index in [1.54, 1.807) is 24.4 Å². The van der Waals surface area contributed by atoms with Crippen molar-refractivity contribution in [3.05, 3.63) is 101 Å². The molecule has 0 saturated heterocycles. The summed E-state index contributed by atoms with van der Waals surface area (Å²) in [6.07, 6.45) is 3.71. The molecule has 0 aliphatic carbocycles. The van der Waals surface area contributed by atoms with E-state index in [1.165, 1.54) is 6.07 Å². The number of halogens is 1. The SMILES string of the molecule is Cc1ccc(NC(=O)CC(c2ccccc2F)c2cnc3ccccn23)cc1C. The predicted molar refractivity (Wildman–Crippen MR) is 113 cm³/mol. The van der Waals surface area contributed by atoms with Crippen molar-refractivity contribution in [3.63, 3.8) is 0 Å². The van der Waals surface area contributed by atoms with Crippen LogP contribution in [0.2, 0.25) is 0 Å². The molecule has 0 aliphatic heterocycles. The Kier molecular flexibility index (Phi) is 5.12. The minimum absolute atomic E-state index is 0.108. The Balaban J connectivity index is 1.68. The predicted octanol–water partition coefficient (Wildman–Crippen LogP) is 5.25. The number of aromatic nitrogens is 2. The van der Waals surface area contributed by atoms with Crippen molar-refractivity contribution in [2.45, 2.75) is 26.2 Å². The molecule has 146 valence electrons. The fourth-order valence-electron chi connectivity index (χ4n) is 3.56. The van der Waals surface area contributed by atoms with Gasteiger partial charge in [-0.25, -0.2) is 9.37 Å². The van der Waals surface area contributed by atoms with Crippen molar-refractivity contribution in [2.24, 2.45) is 0 Å². The van der Waals surface area contributed by atoms with Gasteiger partial charge in [-0.3, -0.25) is 4.79 Å². The molecule has 2 aromatic carbocycles. The van der Waals surface area contributed by atoms with Gasteiger partial charge >= 0.3 is 0 Å².